The molecule has 100 valence electrons. The van der Waals surface area contributed by atoms with Crippen molar-refractivity contribution in [3.8, 4) is 0 Å². The molecule has 0 radical (unpaired) electrons. The lowest BCUT2D eigenvalue weighted by atomic mass is 10.1. The van der Waals surface area contributed by atoms with Gasteiger partial charge in [-0.3, -0.25) is 4.79 Å². The second kappa shape index (κ2) is 7.39. The van der Waals surface area contributed by atoms with Crippen LogP contribution in [0, 0.1) is 5.92 Å². The Labute approximate surface area is 115 Å². The smallest absolute Gasteiger partial charge is 0.238 e. The molecule has 0 unspecified atom stereocenters. The van der Waals surface area contributed by atoms with E-state index in [9.17, 15) is 4.79 Å². The molecule has 2 N–H and O–H groups in total. The minimum atomic E-state index is 0. The van der Waals surface area contributed by atoms with E-state index in [1.54, 1.807) is 0 Å². The Bertz CT molecular complexity index is 391. The normalized spacial score (nSPS) is 13.8. The van der Waals surface area contributed by atoms with Crippen LogP contribution in [0.15, 0.2) is 24.3 Å². The molecule has 1 aliphatic rings. The van der Waals surface area contributed by atoms with Crippen LogP contribution in [0.3, 0.4) is 0 Å². The lowest BCUT2D eigenvalue weighted by Crippen LogP contribution is -2.29. The Morgan fingerprint density at radius 3 is 2.83 bits per heavy atom. The third kappa shape index (κ3) is 5.07. The summed E-state index contributed by atoms with van der Waals surface area (Å²) < 4.78 is 0. The van der Waals surface area contributed by atoms with Crippen molar-refractivity contribution >= 4 is 24.0 Å². The standard InChI is InChI=1S/C14H20N2O.ClH/c1-2-11-4-3-5-13(8-11)16-14(17)10-15-9-12-6-7-12;/h3-5,8,12,15H,2,6-7,9-10H2,1H3,(H,16,17);1H. The first kappa shape index (κ1) is 15.0. The lowest BCUT2D eigenvalue weighted by molar-refractivity contribution is -0.115. The number of aryl methyl sites for hydroxylation is 1. The van der Waals surface area contributed by atoms with Crippen molar-refractivity contribution in [1.29, 1.82) is 0 Å². The van der Waals surface area contributed by atoms with E-state index in [0.29, 0.717) is 6.54 Å². The molecular formula is C14H21ClN2O. The van der Waals surface area contributed by atoms with Crippen LogP contribution in [0.1, 0.15) is 25.3 Å². The molecular weight excluding hydrogens is 248 g/mol. The second-order valence-corrected chi connectivity index (χ2v) is 4.68. The average molecular weight is 269 g/mol. The monoisotopic (exact) mass is 268 g/mol. The molecule has 4 heteroatoms. The van der Waals surface area contributed by atoms with E-state index in [0.717, 1.165) is 24.6 Å². The van der Waals surface area contributed by atoms with Crippen LogP contribution in [0.4, 0.5) is 5.69 Å². The molecule has 1 aromatic rings. The van der Waals surface area contributed by atoms with Crippen molar-refractivity contribution in [1.82, 2.24) is 5.32 Å². The molecule has 0 atom stereocenters. The summed E-state index contributed by atoms with van der Waals surface area (Å²) in [5.41, 5.74) is 2.14. The van der Waals surface area contributed by atoms with Gasteiger partial charge in [-0.15, -0.1) is 12.4 Å². The van der Waals surface area contributed by atoms with E-state index < -0.39 is 0 Å². The molecule has 18 heavy (non-hydrogen) atoms. The van der Waals surface area contributed by atoms with Crippen molar-refractivity contribution < 1.29 is 4.79 Å². The fourth-order valence-electron chi connectivity index (χ4n) is 1.79. The van der Waals surface area contributed by atoms with E-state index in [-0.39, 0.29) is 18.3 Å². The maximum Gasteiger partial charge on any atom is 0.238 e. The van der Waals surface area contributed by atoms with Gasteiger partial charge in [0.05, 0.1) is 6.54 Å². The van der Waals surface area contributed by atoms with Gasteiger partial charge < -0.3 is 10.6 Å². The third-order valence-corrected chi connectivity index (χ3v) is 3.03. The zero-order valence-electron chi connectivity index (χ0n) is 10.7. The molecule has 1 fully saturated rings. The van der Waals surface area contributed by atoms with Crippen molar-refractivity contribution in [3.05, 3.63) is 29.8 Å². The highest BCUT2D eigenvalue weighted by Gasteiger charge is 2.20. The summed E-state index contributed by atoms with van der Waals surface area (Å²) in [4.78, 5) is 11.6. The van der Waals surface area contributed by atoms with Gasteiger partial charge in [-0.1, -0.05) is 19.1 Å². The van der Waals surface area contributed by atoms with Crippen LogP contribution >= 0.6 is 12.4 Å². The Balaban J connectivity index is 0.00000162. The zero-order chi connectivity index (χ0) is 12.1. The molecule has 0 bridgehead atoms. The number of hydrogen-bond acceptors (Lipinski definition) is 2. The molecule has 1 saturated carbocycles. The van der Waals surface area contributed by atoms with Gasteiger partial charge in [0.2, 0.25) is 5.91 Å². The molecule has 3 nitrogen and oxygen atoms in total. The minimum Gasteiger partial charge on any atom is -0.325 e. The molecule has 0 aliphatic heterocycles. The van der Waals surface area contributed by atoms with E-state index in [1.165, 1.54) is 18.4 Å². The molecule has 1 amide bonds. The number of hydrogen-bond donors (Lipinski definition) is 2. The first-order valence-electron chi connectivity index (χ1n) is 6.37. The topological polar surface area (TPSA) is 41.1 Å². The molecule has 2 rings (SSSR count). The Morgan fingerprint density at radius 1 is 1.39 bits per heavy atom. The van der Waals surface area contributed by atoms with Crippen molar-refractivity contribution in [2.45, 2.75) is 26.2 Å². The fraction of sp³-hybridized carbons (Fsp3) is 0.500. The zero-order valence-corrected chi connectivity index (χ0v) is 11.6. The predicted molar refractivity (Wildman–Crippen MR) is 77.3 cm³/mol. The quantitative estimate of drug-likeness (QED) is 0.833. The van der Waals surface area contributed by atoms with Gasteiger partial charge in [0.1, 0.15) is 0 Å². The highest BCUT2D eigenvalue weighted by atomic mass is 35.5. The van der Waals surface area contributed by atoms with Gasteiger partial charge in [-0.05, 0) is 49.4 Å². The minimum absolute atomic E-state index is 0. The number of anilines is 1. The second-order valence-electron chi connectivity index (χ2n) is 4.68. The van der Waals surface area contributed by atoms with Gasteiger partial charge in [0.15, 0.2) is 0 Å². The summed E-state index contributed by atoms with van der Waals surface area (Å²) in [7, 11) is 0. The van der Waals surface area contributed by atoms with Crippen LogP contribution in [0.5, 0.6) is 0 Å². The van der Waals surface area contributed by atoms with Crippen molar-refractivity contribution in [2.75, 3.05) is 18.4 Å². The SMILES string of the molecule is CCc1cccc(NC(=O)CNCC2CC2)c1.Cl. The van der Waals surface area contributed by atoms with Crippen molar-refractivity contribution in [3.63, 3.8) is 0 Å². The van der Waals surface area contributed by atoms with Gasteiger partial charge >= 0.3 is 0 Å². The maximum atomic E-state index is 11.6. The molecule has 0 aromatic heterocycles. The Hall–Kier alpha value is -1.06. The summed E-state index contributed by atoms with van der Waals surface area (Å²) in [6.45, 7) is 3.49. The number of carbonyl (C=O) groups excluding carboxylic acids is 1. The van der Waals surface area contributed by atoms with Crippen LogP contribution in [0.2, 0.25) is 0 Å². The lowest BCUT2D eigenvalue weighted by Gasteiger charge is -2.07. The van der Waals surface area contributed by atoms with Gasteiger partial charge in [0, 0.05) is 5.69 Å². The van der Waals surface area contributed by atoms with E-state index in [1.807, 2.05) is 18.2 Å². The highest BCUT2D eigenvalue weighted by molar-refractivity contribution is 5.92. The van der Waals surface area contributed by atoms with E-state index >= 15 is 0 Å². The first-order chi connectivity index (χ1) is 8.28. The predicted octanol–water partition coefficient (Wildman–Crippen LogP) is 2.61. The summed E-state index contributed by atoms with van der Waals surface area (Å²) in [6.07, 6.45) is 3.62. The maximum absolute atomic E-state index is 11.6. The molecule has 0 saturated heterocycles. The summed E-state index contributed by atoms with van der Waals surface area (Å²) in [5, 5.41) is 6.09. The summed E-state index contributed by atoms with van der Waals surface area (Å²) in [5.74, 6) is 0.852. The fourth-order valence-corrected chi connectivity index (χ4v) is 1.79. The number of halogens is 1. The molecule has 1 aliphatic carbocycles. The summed E-state index contributed by atoms with van der Waals surface area (Å²) >= 11 is 0. The number of amides is 1. The van der Waals surface area contributed by atoms with E-state index in [4.69, 9.17) is 0 Å². The number of carbonyl (C=O) groups is 1. The number of nitrogens with one attached hydrogen (secondary N) is 2. The van der Waals surface area contributed by atoms with Crippen LogP contribution in [0.25, 0.3) is 0 Å². The Morgan fingerprint density at radius 2 is 2.17 bits per heavy atom. The largest absolute Gasteiger partial charge is 0.325 e. The third-order valence-electron chi connectivity index (χ3n) is 3.03. The van der Waals surface area contributed by atoms with Gasteiger partial charge in [-0.25, -0.2) is 0 Å². The van der Waals surface area contributed by atoms with Crippen LogP contribution in [-0.2, 0) is 11.2 Å². The van der Waals surface area contributed by atoms with Crippen LogP contribution < -0.4 is 10.6 Å². The molecule has 0 spiro atoms. The number of rotatable bonds is 6. The molecule has 0 heterocycles. The van der Waals surface area contributed by atoms with Crippen molar-refractivity contribution in [2.24, 2.45) is 5.92 Å². The van der Waals surface area contributed by atoms with E-state index in [2.05, 4.69) is 23.6 Å². The number of benzene rings is 1. The molecule has 1 aromatic carbocycles. The van der Waals surface area contributed by atoms with Gasteiger partial charge in [-0.2, -0.15) is 0 Å². The highest BCUT2D eigenvalue weighted by Crippen LogP contribution is 2.27. The summed E-state index contributed by atoms with van der Waals surface area (Å²) in [6, 6.07) is 8.00. The Kier molecular flexibility index (Phi) is 6.16. The average Bonchev–Trinajstić information content (AvgIpc) is 3.13. The van der Waals surface area contributed by atoms with Crippen LogP contribution in [-0.4, -0.2) is 19.0 Å². The van der Waals surface area contributed by atoms with Gasteiger partial charge in [0.25, 0.3) is 0 Å². The first-order valence-corrected chi connectivity index (χ1v) is 6.37.